The number of unbranched alkanes of at least 4 members (excludes halogenated alkanes) is 1. The summed E-state index contributed by atoms with van der Waals surface area (Å²) in [7, 11) is 0. The zero-order valence-electron chi connectivity index (χ0n) is 18.0. The number of thiophene rings is 1. The van der Waals surface area contributed by atoms with Crippen molar-refractivity contribution >= 4 is 23.3 Å². The number of aromatic nitrogens is 1. The van der Waals surface area contributed by atoms with Crippen LogP contribution in [0.1, 0.15) is 42.3 Å². The van der Waals surface area contributed by atoms with Gasteiger partial charge in [-0.15, -0.1) is 11.3 Å². The van der Waals surface area contributed by atoms with Gasteiger partial charge in [0.1, 0.15) is 6.29 Å². The molecule has 0 saturated carbocycles. The molecule has 2 aromatic heterocycles. The number of hydrogen-bond acceptors (Lipinski definition) is 5. The van der Waals surface area contributed by atoms with Crippen LogP contribution in [-0.2, 0) is 10.2 Å². The van der Waals surface area contributed by atoms with Crippen molar-refractivity contribution < 1.29 is 4.79 Å². The van der Waals surface area contributed by atoms with Crippen LogP contribution in [0.2, 0.25) is 0 Å². The van der Waals surface area contributed by atoms with E-state index >= 15 is 0 Å². The lowest BCUT2D eigenvalue weighted by molar-refractivity contribution is -0.112. The first-order valence-corrected chi connectivity index (χ1v) is 11.7. The highest BCUT2D eigenvalue weighted by Crippen LogP contribution is 2.47. The number of hydrogen-bond donors (Lipinski definition) is 0. The SMILES string of the molecule is CCCCC1(c2cc(-c3cccc(C#N)c3)cs2)CN(c2ccc(C)nc2)CC1C=O. The number of anilines is 1. The largest absolute Gasteiger partial charge is 0.369 e. The second-order valence-corrected chi connectivity index (χ2v) is 9.34. The fourth-order valence-electron chi connectivity index (χ4n) is 4.61. The van der Waals surface area contributed by atoms with E-state index in [-0.39, 0.29) is 11.3 Å². The van der Waals surface area contributed by atoms with Gasteiger partial charge in [0.15, 0.2) is 0 Å². The van der Waals surface area contributed by atoms with E-state index in [1.807, 2.05) is 43.5 Å². The molecule has 158 valence electrons. The van der Waals surface area contributed by atoms with Crippen molar-refractivity contribution in [1.29, 1.82) is 5.26 Å². The maximum Gasteiger partial charge on any atom is 0.125 e. The van der Waals surface area contributed by atoms with Gasteiger partial charge in [-0.2, -0.15) is 5.26 Å². The molecule has 3 aromatic rings. The zero-order chi connectivity index (χ0) is 21.8. The molecule has 31 heavy (non-hydrogen) atoms. The van der Waals surface area contributed by atoms with Crippen molar-refractivity contribution in [3.05, 3.63) is 70.2 Å². The molecule has 0 N–H and O–H groups in total. The first-order chi connectivity index (χ1) is 15.1. The van der Waals surface area contributed by atoms with E-state index in [0.29, 0.717) is 5.56 Å². The number of nitrogens with zero attached hydrogens (tertiary/aromatic N) is 3. The van der Waals surface area contributed by atoms with Crippen molar-refractivity contribution in [1.82, 2.24) is 4.98 Å². The lowest BCUT2D eigenvalue weighted by Crippen LogP contribution is -2.35. The number of aldehydes is 1. The molecule has 1 fully saturated rings. The molecule has 2 unspecified atom stereocenters. The molecule has 1 aliphatic rings. The van der Waals surface area contributed by atoms with Crippen LogP contribution in [-0.4, -0.2) is 24.4 Å². The summed E-state index contributed by atoms with van der Waals surface area (Å²) in [6.45, 7) is 5.73. The Morgan fingerprint density at radius 2 is 2.16 bits per heavy atom. The Labute approximate surface area is 188 Å². The Kier molecular flexibility index (Phi) is 6.20. The van der Waals surface area contributed by atoms with Gasteiger partial charge >= 0.3 is 0 Å². The number of carbonyl (C=O) groups is 1. The summed E-state index contributed by atoms with van der Waals surface area (Å²) in [6, 6.07) is 16.3. The minimum Gasteiger partial charge on any atom is -0.369 e. The van der Waals surface area contributed by atoms with Crippen molar-refractivity contribution in [2.45, 2.75) is 38.5 Å². The van der Waals surface area contributed by atoms with Gasteiger partial charge in [0.05, 0.1) is 23.5 Å². The lowest BCUT2D eigenvalue weighted by atomic mass is 9.73. The predicted octanol–water partition coefficient (Wildman–Crippen LogP) is 5.75. The second-order valence-electron chi connectivity index (χ2n) is 8.43. The van der Waals surface area contributed by atoms with Crippen LogP contribution in [0, 0.1) is 24.2 Å². The summed E-state index contributed by atoms with van der Waals surface area (Å²) in [5.74, 6) is -0.0581. The van der Waals surface area contributed by atoms with Gasteiger partial charge in [-0.25, -0.2) is 0 Å². The van der Waals surface area contributed by atoms with E-state index in [4.69, 9.17) is 0 Å². The molecule has 0 aliphatic carbocycles. The predicted molar refractivity (Wildman–Crippen MR) is 126 cm³/mol. The smallest absolute Gasteiger partial charge is 0.125 e. The average Bonchev–Trinajstić information content (AvgIpc) is 3.44. The number of carbonyl (C=O) groups excluding carboxylic acids is 1. The quantitative estimate of drug-likeness (QED) is 0.449. The maximum atomic E-state index is 12.3. The van der Waals surface area contributed by atoms with Gasteiger partial charge < -0.3 is 9.69 Å². The third-order valence-electron chi connectivity index (χ3n) is 6.42. The van der Waals surface area contributed by atoms with Gasteiger partial charge in [-0.3, -0.25) is 4.98 Å². The molecule has 1 aliphatic heterocycles. The Morgan fingerprint density at radius 1 is 1.29 bits per heavy atom. The summed E-state index contributed by atoms with van der Waals surface area (Å²) in [5, 5.41) is 11.4. The normalized spacial score (nSPS) is 20.5. The van der Waals surface area contributed by atoms with E-state index < -0.39 is 0 Å². The van der Waals surface area contributed by atoms with Gasteiger partial charge in [0.25, 0.3) is 0 Å². The summed E-state index contributed by atoms with van der Waals surface area (Å²) in [5.41, 5.74) is 4.71. The van der Waals surface area contributed by atoms with Crippen LogP contribution in [0.15, 0.2) is 54.0 Å². The summed E-state index contributed by atoms with van der Waals surface area (Å²) in [6.07, 6.45) is 6.25. The molecule has 1 aromatic carbocycles. The molecule has 2 atom stereocenters. The van der Waals surface area contributed by atoms with E-state index in [1.165, 1.54) is 4.88 Å². The van der Waals surface area contributed by atoms with Crippen LogP contribution in [0.4, 0.5) is 5.69 Å². The minimum absolute atomic E-state index is 0.0581. The van der Waals surface area contributed by atoms with E-state index in [9.17, 15) is 10.1 Å². The van der Waals surface area contributed by atoms with Crippen LogP contribution in [0.25, 0.3) is 11.1 Å². The Bertz CT molecular complexity index is 1100. The number of rotatable bonds is 7. The Morgan fingerprint density at radius 3 is 2.87 bits per heavy atom. The highest BCUT2D eigenvalue weighted by atomic mass is 32.1. The fourth-order valence-corrected chi connectivity index (χ4v) is 5.81. The molecule has 3 heterocycles. The number of nitriles is 1. The standard InChI is InChI=1S/C26H27N3OS/c1-3-4-10-26(18-29(15-23(26)16-30)24-9-8-19(2)28-14-24)25-12-22(17-31-25)21-7-5-6-20(11-21)13-27/h5-9,11-12,14,16-17,23H,3-4,10,15,18H2,1-2H3. The zero-order valence-corrected chi connectivity index (χ0v) is 18.9. The minimum atomic E-state index is -0.196. The van der Waals surface area contributed by atoms with Gasteiger partial charge in [-0.05, 0) is 60.2 Å². The number of benzene rings is 1. The van der Waals surface area contributed by atoms with Gasteiger partial charge in [0.2, 0.25) is 0 Å². The van der Waals surface area contributed by atoms with E-state index in [1.54, 1.807) is 11.3 Å². The van der Waals surface area contributed by atoms with Crippen LogP contribution in [0.5, 0.6) is 0 Å². The third kappa shape index (κ3) is 4.13. The van der Waals surface area contributed by atoms with Gasteiger partial charge in [0, 0.05) is 35.0 Å². The highest BCUT2D eigenvalue weighted by Gasteiger charge is 2.48. The Balaban J connectivity index is 1.72. The molecule has 4 rings (SSSR count). The first-order valence-electron chi connectivity index (χ1n) is 10.8. The first kappa shape index (κ1) is 21.3. The highest BCUT2D eigenvalue weighted by molar-refractivity contribution is 7.10. The molecular formula is C26H27N3OS. The molecule has 1 saturated heterocycles. The fraction of sp³-hybridized carbons (Fsp3) is 0.346. The van der Waals surface area contributed by atoms with Crippen molar-refractivity contribution in [2.75, 3.05) is 18.0 Å². The number of aryl methyl sites for hydroxylation is 1. The summed E-state index contributed by atoms with van der Waals surface area (Å²) in [4.78, 5) is 20.3. The molecule has 0 radical (unpaired) electrons. The molecule has 0 amide bonds. The number of pyridine rings is 1. The van der Waals surface area contributed by atoms with Crippen LogP contribution >= 0.6 is 11.3 Å². The topological polar surface area (TPSA) is 57.0 Å². The van der Waals surface area contributed by atoms with E-state index in [2.05, 4.69) is 40.4 Å². The molecular weight excluding hydrogens is 402 g/mol. The average molecular weight is 430 g/mol. The van der Waals surface area contributed by atoms with Crippen molar-refractivity contribution in [3.63, 3.8) is 0 Å². The van der Waals surface area contributed by atoms with Crippen molar-refractivity contribution in [3.8, 4) is 17.2 Å². The lowest BCUT2D eigenvalue weighted by Gasteiger charge is -2.31. The molecule has 0 bridgehead atoms. The monoisotopic (exact) mass is 429 g/mol. The summed E-state index contributed by atoms with van der Waals surface area (Å²) >= 11 is 1.74. The second kappa shape index (κ2) is 9.03. The van der Waals surface area contributed by atoms with E-state index in [0.717, 1.165) is 61.1 Å². The summed E-state index contributed by atoms with van der Waals surface area (Å²) < 4.78 is 0. The molecule has 4 nitrogen and oxygen atoms in total. The third-order valence-corrected chi connectivity index (χ3v) is 7.57. The molecule has 0 spiro atoms. The molecule has 5 heteroatoms. The van der Waals surface area contributed by atoms with Crippen molar-refractivity contribution in [2.24, 2.45) is 5.92 Å². The maximum absolute atomic E-state index is 12.3. The Hall–Kier alpha value is -2.97. The van der Waals surface area contributed by atoms with Crippen LogP contribution < -0.4 is 4.90 Å². The van der Waals surface area contributed by atoms with Gasteiger partial charge in [-0.1, -0.05) is 31.9 Å². The van der Waals surface area contributed by atoms with Crippen LogP contribution in [0.3, 0.4) is 0 Å².